The topological polar surface area (TPSA) is 89.0 Å². The van der Waals surface area contributed by atoms with E-state index in [-0.39, 0.29) is 11.3 Å². The van der Waals surface area contributed by atoms with E-state index >= 15 is 0 Å². The van der Waals surface area contributed by atoms with Crippen LogP contribution < -0.4 is 14.4 Å². The molecule has 1 aliphatic heterocycles. The fourth-order valence-corrected chi connectivity index (χ4v) is 6.27. The summed E-state index contributed by atoms with van der Waals surface area (Å²) in [5.41, 5.74) is 3.87. The van der Waals surface area contributed by atoms with Gasteiger partial charge in [0.1, 0.15) is 23.9 Å². The highest BCUT2D eigenvalue weighted by Gasteiger charge is 2.48. The summed E-state index contributed by atoms with van der Waals surface area (Å²) in [4.78, 5) is 33.5. The van der Waals surface area contributed by atoms with Gasteiger partial charge in [0.25, 0.3) is 5.78 Å². The second-order valence-corrected chi connectivity index (χ2v) is 11.7. The Morgan fingerprint density at radius 1 is 0.909 bits per heavy atom. The molecule has 1 aliphatic rings. The number of unbranched alkanes of at least 4 members (excludes halogenated alkanes) is 1. The number of ketones is 1. The summed E-state index contributed by atoms with van der Waals surface area (Å²) in [7, 11) is 0. The molecule has 6 rings (SSSR count). The average Bonchev–Trinajstić information content (AvgIpc) is 3.58. The summed E-state index contributed by atoms with van der Waals surface area (Å²) in [6, 6.07) is 29.0. The van der Waals surface area contributed by atoms with Crippen LogP contribution in [0.1, 0.15) is 48.1 Å². The van der Waals surface area contributed by atoms with Gasteiger partial charge in [-0.15, -0.1) is 0 Å². The Balaban J connectivity index is 1.41. The molecule has 8 heteroatoms. The molecule has 0 aliphatic carbocycles. The van der Waals surface area contributed by atoms with E-state index in [1.165, 1.54) is 16.2 Å². The number of fused-ring (bicyclic) bond motifs is 1. The molecule has 0 bridgehead atoms. The Morgan fingerprint density at radius 2 is 1.70 bits per heavy atom. The minimum atomic E-state index is -0.899. The maximum absolute atomic E-state index is 13.7. The summed E-state index contributed by atoms with van der Waals surface area (Å²) < 4.78 is 12.7. The third kappa shape index (κ3) is 5.94. The van der Waals surface area contributed by atoms with E-state index < -0.39 is 17.7 Å². The number of Topliss-reactive ketones (excluding diaryl/α,β-unsaturated/α-hetero) is 1. The van der Waals surface area contributed by atoms with E-state index in [2.05, 4.69) is 6.92 Å². The Labute approximate surface area is 260 Å². The number of aliphatic hydroxyl groups is 1. The van der Waals surface area contributed by atoms with Crippen molar-refractivity contribution in [1.82, 2.24) is 4.98 Å². The maximum atomic E-state index is 13.7. The molecule has 5 aromatic rings. The smallest absolute Gasteiger partial charge is 0.301 e. The first kappa shape index (κ1) is 29.1. The largest absolute Gasteiger partial charge is 0.507 e. The first-order valence-electron chi connectivity index (χ1n) is 14.6. The van der Waals surface area contributed by atoms with Crippen molar-refractivity contribution in [1.29, 1.82) is 0 Å². The second-order valence-electron chi connectivity index (χ2n) is 10.7. The summed E-state index contributed by atoms with van der Waals surface area (Å²) in [5, 5.41) is 12.0. The lowest BCUT2D eigenvalue weighted by molar-refractivity contribution is -0.132. The van der Waals surface area contributed by atoms with Crippen LogP contribution in [0.5, 0.6) is 11.5 Å². The molecule has 1 amide bonds. The number of ether oxygens (including phenoxy) is 2. The molecule has 0 spiro atoms. The standard InChI is InChI=1S/C36H32N2O5S/c1-3-4-19-42-28-12-8-11-26(21-28)33(39)31-32(25-14-16-27(17-15-25)43-22-24-9-6-5-7-10-24)38(35(41)34(31)40)36-37-29-18-13-23(2)20-30(29)44-36/h5-18,20-21,32,39H,3-4,19,22H2,1-2H3/b33-31+. The van der Waals surface area contributed by atoms with Crippen LogP contribution in [0.3, 0.4) is 0 Å². The summed E-state index contributed by atoms with van der Waals surface area (Å²) >= 11 is 1.34. The number of amides is 1. The Morgan fingerprint density at radius 3 is 2.48 bits per heavy atom. The molecule has 1 unspecified atom stereocenters. The van der Waals surface area contributed by atoms with E-state index in [1.54, 1.807) is 24.3 Å². The summed E-state index contributed by atoms with van der Waals surface area (Å²) in [6.45, 7) is 5.02. The van der Waals surface area contributed by atoms with E-state index in [0.29, 0.717) is 41.0 Å². The number of thiazole rings is 1. The van der Waals surface area contributed by atoms with Crippen molar-refractivity contribution >= 4 is 44.1 Å². The van der Waals surface area contributed by atoms with Crippen molar-refractivity contribution in [2.45, 2.75) is 39.3 Å². The number of hydrogen-bond acceptors (Lipinski definition) is 7. The molecular formula is C36H32N2O5S. The van der Waals surface area contributed by atoms with Crippen LogP contribution in [-0.4, -0.2) is 28.4 Å². The molecule has 44 heavy (non-hydrogen) atoms. The van der Waals surface area contributed by atoms with Gasteiger partial charge in [-0.05, 0) is 66.4 Å². The highest BCUT2D eigenvalue weighted by atomic mass is 32.1. The molecule has 2 heterocycles. The summed E-state index contributed by atoms with van der Waals surface area (Å²) in [5.74, 6) is -0.563. The predicted molar refractivity (Wildman–Crippen MR) is 173 cm³/mol. The Kier molecular flexibility index (Phi) is 8.43. The number of aromatic nitrogens is 1. The summed E-state index contributed by atoms with van der Waals surface area (Å²) in [6.07, 6.45) is 1.89. The number of nitrogens with zero attached hydrogens (tertiary/aromatic N) is 2. The first-order valence-corrected chi connectivity index (χ1v) is 15.4. The van der Waals surface area contributed by atoms with Gasteiger partial charge >= 0.3 is 5.91 Å². The average molecular weight is 605 g/mol. The minimum absolute atomic E-state index is 0.00546. The number of anilines is 1. The van der Waals surface area contributed by atoms with Gasteiger partial charge in [-0.3, -0.25) is 14.5 Å². The molecule has 1 fully saturated rings. The molecule has 7 nitrogen and oxygen atoms in total. The molecule has 1 N–H and O–H groups in total. The molecular weight excluding hydrogens is 572 g/mol. The van der Waals surface area contributed by atoms with Crippen molar-refractivity contribution in [3.8, 4) is 11.5 Å². The quantitative estimate of drug-likeness (QED) is 0.0752. The number of rotatable bonds is 10. The van der Waals surface area contributed by atoms with Crippen LogP contribution in [0.4, 0.5) is 5.13 Å². The first-order chi connectivity index (χ1) is 21.4. The van der Waals surface area contributed by atoms with E-state index in [9.17, 15) is 14.7 Å². The number of hydrogen-bond donors (Lipinski definition) is 1. The Hall–Kier alpha value is -4.95. The van der Waals surface area contributed by atoms with E-state index in [0.717, 1.165) is 34.2 Å². The minimum Gasteiger partial charge on any atom is -0.507 e. The van der Waals surface area contributed by atoms with Crippen LogP contribution >= 0.6 is 11.3 Å². The van der Waals surface area contributed by atoms with Gasteiger partial charge in [0, 0.05) is 5.56 Å². The SMILES string of the molecule is CCCCOc1cccc(/C(O)=C2\C(=O)C(=O)N(c3nc4ccc(C)cc4s3)C2c2ccc(OCc3ccccc3)cc2)c1. The van der Waals surface area contributed by atoms with Gasteiger partial charge in [-0.1, -0.05) is 85.3 Å². The van der Waals surface area contributed by atoms with Crippen LogP contribution in [0.25, 0.3) is 16.0 Å². The monoisotopic (exact) mass is 604 g/mol. The Bertz CT molecular complexity index is 1850. The fraction of sp³-hybridized carbons (Fsp3) is 0.194. The van der Waals surface area contributed by atoms with Crippen LogP contribution in [-0.2, 0) is 16.2 Å². The number of aliphatic hydroxyl groups excluding tert-OH is 1. The molecule has 0 radical (unpaired) electrons. The number of carbonyl (C=O) groups excluding carboxylic acids is 2. The number of carbonyl (C=O) groups is 2. The van der Waals surface area contributed by atoms with Gasteiger partial charge in [-0.2, -0.15) is 0 Å². The normalized spacial score (nSPS) is 16.0. The highest BCUT2D eigenvalue weighted by Crippen LogP contribution is 2.45. The van der Waals surface area contributed by atoms with Crippen molar-refractivity contribution in [2.24, 2.45) is 0 Å². The lowest BCUT2D eigenvalue weighted by atomic mass is 9.95. The van der Waals surface area contributed by atoms with Crippen LogP contribution in [0, 0.1) is 6.92 Å². The fourth-order valence-electron chi connectivity index (χ4n) is 5.18. The van der Waals surface area contributed by atoms with Gasteiger partial charge in [0.2, 0.25) is 0 Å². The lowest BCUT2D eigenvalue weighted by Crippen LogP contribution is -2.29. The second kappa shape index (κ2) is 12.7. The third-order valence-corrected chi connectivity index (χ3v) is 8.52. The zero-order chi connectivity index (χ0) is 30.6. The lowest BCUT2D eigenvalue weighted by Gasteiger charge is -2.23. The molecule has 1 atom stereocenters. The van der Waals surface area contributed by atoms with Crippen LogP contribution in [0.2, 0.25) is 0 Å². The molecule has 0 saturated carbocycles. The molecule has 222 valence electrons. The number of benzene rings is 4. The maximum Gasteiger partial charge on any atom is 0.301 e. The van der Waals surface area contributed by atoms with E-state index in [4.69, 9.17) is 14.5 Å². The van der Waals surface area contributed by atoms with Gasteiger partial charge in [-0.25, -0.2) is 4.98 Å². The third-order valence-electron chi connectivity index (χ3n) is 7.50. The van der Waals surface area contributed by atoms with Gasteiger partial charge in [0.05, 0.1) is 28.4 Å². The van der Waals surface area contributed by atoms with Crippen molar-refractivity contribution in [3.63, 3.8) is 0 Å². The van der Waals surface area contributed by atoms with Crippen molar-refractivity contribution < 1.29 is 24.2 Å². The zero-order valence-corrected chi connectivity index (χ0v) is 25.3. The molecule has 1 aromatic heterocycles. The van der Waals surface area contributed by atoms with Crippen LogP contribution in [0.15, 0.2) is 103 Å². The number of aryl methyl sites for hydroxylation is 1. The zero-order valence-electron chi connectivity index (χ0n) is 24.5. The van der Waals surface area contributed by atoms with Gasteiger partial charge in [0.15, 0.2) is 5.13 Å². The molecule has 1 saturated heterocycles. The predicted octanol–water partition coefficient (Wildman–Crippen LogP) is 7.99. The highest BCUT2D eigenvalue weighted by molar-refractivity contribution is 7.22. The molecule has 4 aromatic carbocycles. The van der Waals surface area contributed by atoms with E-state index in [1.807, 2.05) is 79.7 Å². The van der Waals surface area contributed by atoms with Crippen molar-refractivity contribution in [2.75, 3.05) is 11.5 Å². The van der Waals surface area contributed by atoms with Crippen molar-refractivity contribution in [3.05, 3.63) is 125 Å². The van der Waals surface area contributed by atoms with Gasteiger partial charge < -0.3 is 14.6 Å².